The summed E-state index contributed by atoms with van der Waals surface area (Å²) >= 11 is 0. The van der Waals surface area contributed by atoms with Crippen molar-refractivity contribution in [2.75, 3.05) is 0 Å². The first-order valence-corrected chi connectivity index (χ1v) is 7.49. The highest BCUT2D eigenvalue weighted by Gasteiger charge is 2.29. The first-order chi connectivity index (χ1) is 11.6. The topological polar surface area (TPSA) is 128 Å². The monoisotopic (exact) mass is 353 g/mol. The normalized spacial score (nSPS) is 12.8. The van der Waals surface area contributed by atoms with E-state index in [2.05, 4.69) is 5.32 Å². The Labute approximate surface area is 143 Å². The smallest absolute Gasteiger partial charge is 0.329 e. The lowest BCUT2D eigenvalue weighted by Gasteiger charge is -2.22. The van der Waals surface area contributed by atoms with E-state index in [9.17, 15) is 23.6 Å². The first-order valence-electron chi connectivity index (χ1n) is 7.49. The number of primary amides is 1. The number of hydrogen-bond donors (Lipinski definition) is 3. The number of nitrogens with two attached hydrogens (primary N) is 1. The number of rotatable bonds is 6. The predicted octanol–water partition coefficient (Wildman–Crippen LogP) is 0.707. The standard InChI is InChI=1S/C16H20FN3O5/c1-8(2)12(15(23)25-9(3)13(21)20-16(18)24)19-14(22)10-4-6-11(17)7-5-10/h4-9,12H,1-3H3,(H,19,22)(H3,18,20,21,24)/t9?,12-/m1/s1. The van der Waals surface area contributed by atoms with Crippen LogP contribution in [-0.2, 0) is 14.3 Å². The van der Waals surface area contributed by atoms with E-state index >= 15 is 0 Å². The van der Waals surface area contributed by atoms with Crippen LogP contribution in [0.25, 0.3) is 0 Å². The minimum atomic E-state index is -1.27. The van der Waals surface area contributed by atoms with Crippen LogP contribution in [0.4, 0.5) is 9.18 Å². The number of ether oxygens (including phenoxy) is 1. The second kappa shape index (κ2) is 8.76. The van der Waals surface area contributed by atoms with Crippen LogP contribution in [0.2, 0.25) is 0 Å². The van der Waals surface area contributed by atoms with Crippen molar-refractivity contribution in [1.29, 1.82) is 0 Å². The van der Waals surface area contributed by atoms with Crippen molar-refractivity contribution in [1.82, 2.24) is 10.6 Å². The molecule has 0 aliphatic rings. The fourth-order valence-electron chi connectivity index (χ4n) is 1.85. The number of imide groups is 1. The third-order valence-electron chi connectivity index (χ3n) is 3.22. The van der Waals surface area contributed by atoms with Gasteiger partial charge in [0.2, 0.25) is 0 Å². The molecule has 2 atom stereocenters. The van der Waals surface area contributed by atoms with Gasteiger partial charge in [-0.2, -0.15) is 0 Å². The molecular formula is C16H20FN3O5. The zero-order valence-corrected chi connectivity index (χ0v) is 14.0. The first kappa shape index (κ1) is 20.1. The summed E-state index contributed by atoms with van der Waals surface area (Å²) < 4.78 is 17.9. The summed E-state index contributed by atoms with van der Waals surface area (Å²) in [5, 5.41) is 4.27. The fraction of sp³-hybridized carbons (Fsp3) is 0.375. The Morgan fingerprint density at radius 2 is 1.64 bits per heavy atom. The van der Waals surface area contributed by atoms with Crippen molar-refractivity contribution < 1.29 is 28.3 Å². The summed E-state index contributed by atoms with van der Waals surface area (Å²) in [5.41, 5.74) is 4.98. The fourth-order valence-corrected chi connectivity index (χ4v) is 1.85. The lowest BCUT2D eigenvalue weighted by Crippen LogP contribution is -2.48. The molecular weight excluding hydrogens is 333 g/mol. The van der Waals surface area contributed by atoms with Crippen molar-refractivity contribution in [3.63, 3.8) is 0 Å². The summed E-state index contributed by atoms with van der Waals surface area (Å²) in [7, 11) is 0. The highest BCUT2D eigenvalue weighted by molar-refractivity contribution is 5.98. The molecule has 0 fully saturated rings. The highest BCUT2D eigenvalue weighted by atomic mass is 19.1. The number of urea groups is 1. The summed E-state index contributed by atoms with van der Waals surface area (Å²) in [5.74, 6) is -3.16. The lowest BCUT2D eigenvalue weighted by atomic mass is 10.0. The molecule has 0 aliphatic carbocycles. The molecule has 0 bridgehead atoms. The molecule has 0 saturated carbocycles. The number of esters is 1. The van der Waals surface area contributed by atoms with Crippen molar-refractivity contribution >= 4 is 23.8 Å². The molecule has 0 spiro atoms. The predicted molar refractivity (Wildman–Crippen MR) is 85.8 cm³/mol. The van der Waals surface area contributed by atoms with E-state index < -0.39 is 41.8 Å². The van der Waals surface area contributed by atoms with Gasteiger partial charge in [-0.15, -0.1) is 0 Å². The number of halogens is 1. The molecule has 0 heterocycles. The lowest BCUT2D eigenvalue weighted by molar-refractivity contribution is -0.157. The Hall–Kier alpha value is -2.97. The maximum absolute atomic E-state index is 12.9. The number of benzene rings is 1. The van der Waals surface area contributed by atoms with Gasteiger partial charge in [0.05, 0.1) is 0 Å². The van der Waals surface area contributed by atoms with Gasteiger partial charge in [-0.05, 0) is 37.1 Å². The van der Waals surface area contributed by atoms with Crippen LogP contribution in [0.1, 0.15) is 31.1 Å². The molecule has 9 heteroatoms. The average Bonchev–Trinajstić information content (AvgIpc) is 2.51. The van der Waals surface area contributed by atoms with Gasteiger partial charge in [-0.3, -0.25) is 14.9 Å². The van der Waals surface area contributed by atoms with Gasteiger partial charge in [0, 0.05) is 5.56 Å². The van der Waals surface area contributed by atoms with Gasteiger partial charge in [-0.25, -0.2) is 14.0 Å². The third-order valence-corrected chi connectivity index (χ3v) is 3.22. The van der Waals surface area contributed by atoms with Crippen molar-refractivity contribution in [2.24, 2.45) is 11.7 Å². The second-order valence-electron chi connectivity index (χ2n) is 5.63. The number of hydrogen-bond acceptors (Lipinski definition) is 5. The third kappa shape index (κ3) is 6.21. The number of carbonyl (C=O) groups excluding carboxylic acids is 4. The SMILES string of the molecule is CC(OC(=O)[C@H](NC(=O)c1ccc(F)cc1)C(C)C)C(=O)NC(N)=O. The van der Waals surface area contributed by atoms with Crippen molar-refractivity contribution in [2.45, 2.75) is 32.9 Å². The molecule has 1 aromatic carbocycles. The molecule has 25 heavy (non-hydrogen) atoms. The molecule has 0 aromatic heterocycles. The number of nitrogens with one attached hydrogen (secondary N) is 2. The van der Waals surface area contributed by atoms with Gasteiger partial charge in [0.15, 0.2) is 6.10 Å². The van der Waals surface area contributed by atoms with Crippen LogP contribution in [0.3, 0.4) is 0 Å². The Morgan fingerprint density at radius 3 is 2.12 bits per heavy atom. The summed E-state index contributed by atoms with van der Waals surface area (Å²) in [6.45, 7) is 4.60. The summed E-state index contributed by atoms with van der Waals surface area (Å²) in [6.07, 6.45) is -1.27. The van der Waals surface area contributed by atoms with Crippen LogP contribution in [0.5, 0.6) is 0 Å². The molecule has 0 aliphatic heterocycles. The second-order valence-corrected chi connectivity index (χ2v) is 5.63. The molecule has 4 amide bonds. The minimum absolute atomic E-state index is 0.166. The number of carbonyl (C=O) groups is 4. The molecule has 8 nitrogen and oxygen atoms in total. The van der Waals surface area contributed by atoms with E-state index in [1.54, 1.807) is 19.2 Å². The molecule has 1 unspecified atom stereocenters. The molecule has 0 saturated heterocycles. The van der Waals surface area contributed by atoms with E-state index in [4.69, 9.17) is 10.5 Å². The summed E-state index contributed by atoms with van der Waals surface area (Å²) in [4.78, 5) is 46.6. The molecule has 1 rings (SSSR count). The Balaban J connectivity index is 2.76. The van der Waals surface area contributed by atoms with Crippen LogP contribution >= 0.6 is 0 Å². The zero-order valence-electron chi connectivity index (χ0n) is 14.0. The maximum atomic E-state index is 12.9. The van der Waals surface area contributed by atoms with Crippen LogP contribution < -0.4 is 16.4 Å². The van der Waals surface area contributed by atoms with E-state index in [-0.39, 0.29) is 11.5 Å². The quantitative estimate of drug-likeness (QED) is 0.649. The van der Waals surface area contributed by atoms with Gasteiger partial charge in [-0.1, -0.05) is 13.8 Å². The molecule has 1 aromatic rings. The van der Waals surface area contributed by atoms with E-state index in [1.165, 1.54) is 19.1 Å². The van der Waals surface area contributed by atoms with E-state index in [0.717, 1.165) is 12.1 Å². The zero-order chi connectivity index (χ0) is 19.1. The van der Waals surface area contributed by atoms with Crippen molar-refractivity contribution in [3.8, 4) is 0 Å². The molecule has 136 valence electrons. The average molecular weight is 353 g/mol. The highest BCUT2D eigenvalue weighted by Crippen LogP contribution is 2.09. The van der Waals surface area contributed by atoms with Crippen molar-refractivity contribution in [3.05, 3.63) is 35.6 Å². The van der Waals surface area contributed by atoms with Gasteiger partial charge < -0.3 is 15.8 Å². The van der Waals surface area contributed by atoms with Crippen LogP contribution in [-0.4, -0.2) is 36.0 Å². The van der Waals surface area contributed by atoms with Gasteiger partial charge in [0.1, 0.15) is 11.9 Å². The van der Waals surface area contributed by atoms with E-state index in [0.29, 0.717) is 0 Å². The number of amides is 4. The minimum Gasteiger partial charge on any atom is -0.451 e. The Kier molecular flexibility index (Phi) is 7.04. The van der Waals surface area contributed by atoms with Crippen LogP contribution in [0.15, 0.2) is 24.3 Å². The summed E-state index contributed by atoms with van der Waals surface area (Å²) in [6, 6.07) is 2.67. The van der Waals surface area contributed by atoms with Gasteiger partial charge in [0.25, 0.3) is 11.8 Å². The molecule has 4 N–H and O–H groups in total. The van der Waals surface area contributed by atoms with E-state index in [1.807, 2.05) is 0 Å². The maximum Gasteiger partial charge on any atom is 0.329 e. The Morgan fingerprint density at radius 1 is 1.08 bits per heavy atom. The van der Waals surface area contributed by atoms with Crippen LogP contribution in [0, 0.1) is 11.7 Å². The largest absolute Gasteiger partial charge is 0.451 e. The Bertz CT molecular complexity index is 660. The molecule has 0 radical (unpaired) electrons. The van der Waals surface area contributed by atoms with Gasteiger partial charge >= 0.3 is 12.0 Å².